The molecule has 0 aromatic rings. The monoisotopic (exact) mass is 199 g/mol. The molecule has 0 aromatic heterocycles. The molecule has 0 bridgehead atoms. The van der Waals surface area contributed by atoms with Gasteiger partial charge in [0.15, 0.2) is 0 Å². The summed E-state index contributed by atoms with van der Waals surface area (Å²) >= 11 is 0. The highest BCUT2D eigenvalue weighted by atomic mass is 16.5. The van der Waals surface area contributed by atoms with E-state index in [2.05, 4.69) is 10.1 Å². The molecule has 1 rings (SSSR count). The quantitative estimate of drug-likeness (QED) is 0.406. The van der Waals surface area contributed by atoms with Crippen molar-refractivity contribution in [1.29, 1.82) is 0 Å². The summed E-state index contributed by atoms with van der Waals surface area (Å²) in [5, 5.41) is 2.54. The van der Waals surface area contributed by atoms with Crippen LogP contribution in [0.3, 0.4) is 0 Å². The minimum absolute atomic E-state index is 0.244. The zero-order chi connectivity index (χ0) is 10.4. The number of carbonyl (C=O) groups excluding carboxylic acids is 2. The molecule has 0 unspecified atom stereocenters. The molecule has 4 heteroatoms. The van der Waals surface area contributed by atoms with Crippen LogP contribution in [0.4, 0.5) is 0 Å². The molecule has 14 heavy (non-hydrogen) atoms. The van der Waals surface area contributed by atoms with Gasteiger partial charge >= 0.3 is 11.9 Å². The van der Waals surface area contributed by atoms with Gasteiger partial charge < -0.3 is 10.1 Å². The van der Waals surface area contributed by atoms with Crippen molar-refractivity contribution in [2.45, 2.75) is 32.6 Å². The van der Waals surface area contributed by atoms with Gasteiger partial charge in [0, 0.05) is 6.54 Å². The second-order valence-electron chi connectivity index (χ2n) is 3.56. The number of nitrogens with one attached hydrogen (secondary N) is 1. The van der Waals surface area contributed by atoms with Crippen LogP contribution in [0.25, 0.3) is 0 Å². The molecular formula is C10H17NO3. The number of carbonyl (C=O) groups is 2. The van der Waals surface area contributed by atoms with Gasteiger partial charge in [-0.1, -0.05) is 12.8 Å². The SMILES string of the molecule is CCOC(=O)C(=O)NCCCC1CC1. The van der Waals surface area contributed by atoms with Gasteiger partial charge in [-0.2, -0.15) is 0 Å². The minimum Gasteiger partial charge on any atom is -0.459 e. The van der Waals surface area contributed by atoms with E-state index in [1.54, 1.807) is 6.92 Å². The second kappa shape index (κ2) is 5.62. The predicted molar refractivity (Wildman–Crippen MR) is 51.6 cm³/mol. The molecule has 1 aliphatic rings. The van der Waals surface area contributed by atoms with Crippen LogP contribution in [-0.4, -0.2) is 25.0 Å². The molecule has 1 fully saturated rings. The van der Waals surface area contributed by atoms with E-state index in [9.17, 15) is 9.59 Å². The van der Waals surface area contributed by atoms with Crippen LogP contribution >= 0.6 is 0 Å². The summed E-state index contributed by atoms with van der Waals surface area (Å²) in [6.45, 7) is 2.50. The molecule has 80 valence electrons. The Kier molecular flexibility index (Phi) is 4.43. The van der Waals surface area contributed by atoms with E-state index in [0.29, 0.717) is 6.54 Å². The van der Waals surface area contributed by atoms with Crippen LogP contribution in [0, 0.1) is 5.92 Å². The number of rotatable bonds is 5. The Morgan fingerprint density at radius 1 is 1.43 bits per heavy atom. The van der Waals surface area contributed by atoms with Gasteiger partial charge in [-0.3, -0.25) is 4.79 Å². The zero-order valence-corrected chi connectivity index (χ0v) is 8.54. The van der Waals surface area contributed by atoms with E-state index in [0.717, 1.165) is 18.8 Å². The molecule has 0 heterocycles. The molecule has 1 aliphatic carbocycles. The van der Waals surface area contributed by atoms with Crippen molar-refractivity contribution in [3.63, 3.8) is 0 Å². The molecule has 0 radical (unpaired) electrons. The van der Waals surface area contributed by atoms with Crippen molar-refractivity contribution in [2.75, 3.05) is 13.2 Å². The van der Waals surface area contributed by atoms with E-state index < -0.39 is 11.9 Å². The fourth-order valence-electron chi connectivity index (χ4n) is 1.27. The maximum Gasteiger partial charge on any atom is 0.396 e. The molecule has 0 aromatic carbocycles. The molecule has 0 atom stereocenters. The summed E-state index contributed by atoms with van der Waals surface area (Å²) in [6, 6.07) is 0. The van der Waals surface area contributed by atoms with Gasteiger partial charge in [0.1, 0.15) is 0 Å². The van der Waals surface area contributed by atoms with Crippen molar-refractivity contribution in [2.24, 2.45) is 5.92 Å². The average Bonchev–Trinajstić information content (AvgIpc) is 2.96. The molecule has 1 saturated carbocycles. The molecular weight excluding hydrogens is 182 g/mol. The molecule has 0 aliphatic heterocycles. The first-order valence-corrected chi connectivity index (χ1v) is 5.19. The van der Waals surface area contributed by atoms with Crippen molar-refractivity contribution in [3.8, 4) is 0 Å². The van der Waals surface area contributed by atoms with Gasteiger partial charge in [0.25, 0.3) is 0 Å². The van der Waals surface area contributed by atoms with Crippen LogP contribution in [0.1, 0.15) is 32.6 Å². The van der Waals surface area contributed by atoms with E-state index in [4.69, 9.17) is 0 Å². The standard InChI is InChI=1S/C10H17NO3/c1-2-14-10(13)9(12)11-7-3-4-8-5-6-8/h8H,2-7H2,1H3,(H,11,12). The molecule has 1 N–H and O–H groups in total. The first-order valence-electron chi connectivity index (χ1n) is 5.19. The Morgan fingerprint density at radius 2 is 2.14 bits per heavy atom. The molecule has 4 nitrogen and oxygen atoms in total. The first kappa shape index (κ1) is 11.0. The van der Waals surface area contributed by atoms with Crippen LogP contribution in [0.2, 0.25) is 0 Å². The van der Waals surface area contributed by atoms with Crippen molar-refractivity contribution in [1.82, 2.24) is 5.32 Å². The number of ether oxygens (including phenoxy) is 1. The lowest BCUT2D eigenvalue weighted by Gasteiger charge is -2.03. The first-order chi connectivity index (χ1) is 6.74. The van der Waals surface area contributed by atoms with Crippen LogP contribution in [0.5, 0.6) is 0 Å². The lowest BCUT2D eigenvalue weighted by atomic mass is 10.2. The third-order valence-electron chi connectivity index (χ3n) is 2.23. The lowest BCUT2D eigenvalue weighted by Crippen LogP contribution is -2.33. The summed E-state index contributed by atoms with van der Waals surface area (Å²) in [7, 11) is 0. The maximum atomic E-state index is 11.0. The fraction of sp³-hybridized carbons (Fsp3) is 0.800. The highest BCUT2D eigenvalue weighted by Crippen LogP contribution is 2.33. The Morgan fingerprint density at radius 3 is 2.71 bits per heavy atom. The smallest absolute Gasteiger partial charge is 0.396 e. The Bertz CT molecular complexity index is 211. The third kappa shape index (κ3) is 4.25. The van der Waals surface area contributed by atoms with Gasteiger partial charge in [-0.15, -0.1) is 0 Å². The summed E-state index contributed by atoms with van der Waals surface area (Å²) in [5.74, 6) is -0.531. The largest absolute Gasteiger partial charge is 0.459 e. The number of hydrogen-bond donors (Lipinski definition) is 1. The third-order valence-corrected chi connectivity index (χ3v) is 2.23. The highest BCUT2D eigenvalue weighted by Gasteiger charge is 2.20. The number of esters is 1. The number of amides is 1. The van der Waals surface area contributed by atoms with E-state index >= 15 is 0 Å². The van der Waals surface area contributed by atoms with Crippen LogP contribution < -0.4 is 5.32 Å². The number of hydrogen-bond acceptors (Lipinski definition) is 3. The summed E-state index contributed by atoms with van der Waals surface area (Å²) in [6.07, 6.45) is 4.76. The topological polar surface area (TPSA) is 55.4 Å². The zero-order valence-electron chi connectivity index (χ0n) is 8.54. The normalized spacial score (nSPS) is 14.9. The van der Waals surface area contributed by atoms with E-state index in [-0.39, 0.29) is 6.61 Å². The van der Waals surface area contributed by atoms with Crippen LogP contribution in [0.15, 0.2) is 0 Å². The predicted octanol–water partition coefficient (Wildman–Crippen LogP) is 0.856. The average molecular weight is 199 g/mol. The van der Waals surface area contributed by atoms with Gasteiger partial charge in [0.05, 0.1) is 6.61 Å². The highest BCUT2D eigenvalue weighted by molar-refractivity contribution is 6.32. The Balaban J connectivity index is 1.98. The van der Waals surface area contributed by atoms with E-state index in [1.165, 1.54) is 12.8 Å². The van der Waals surface area contributed by atoms with Crippen molar-refractivity contribution >= 4 is 11.9 Å². The second-order valence-corrected chi connectivity index (χ2v) is 3.56. The summed E-state index contributed by atoms with van der Waals surface area (Å²) < 4.78 is 4.54. The lowest BCUT2D eigenvalue weighted by molar-refractivity contribution is -0.154. The van der Waals surface area contributed by atoms with Gasteiger partial charge in [-0.05, 0) is 25.7 Å². The fourth-order valence-corrected chi connectivity index (χ4v) is 1.27. The van der Waals surface area contributed by atoms with Gasteiger partial charge in [-0.25, -0.2) is 4.79 Å². The summed E-state index contributed by atoms with van der Waals surface area (Å²) in [4.78, 5) is 21.9. The van der Waals surface area contributed by atoms with Crippen molar-refractivity contribution < 1.29 is 14.3 Å². The van der Waals surface area contributed by atoms with Crippen LogP contribution in [-0.2, 0) is 14.3 Å². The molecule has 0 saturated heterocycles. The van der Waals surface area contributed by atoms with E-state index in [1.807, 2.05) is 0 Å². The van der Waals surface area contributed by atoms with Crippen molar-refractivity contribution in [3.05, 3.63) is 0 Å². The molecule has 0 spiro atoms. The molecule has 1 amide bonds. The Hall–Kier alpha value is -1.06. The maximum absolute atomic E-state index is 11.0. The Labute approximate surface area is 84.0 Å². The summed E-state index contributed by atoms with van der Waals surface area (Å²) in [5.41, 5.74) is 0. The minimum atomic E-state index is -0.779. The van der Waals surface area contributed by atoms with Gasteiger partial charge in [0.2, 0.25) is 0 Å².